The number of fused-ring (bicyclic) bond motifs is 1. The number of rotatable bonds is 11. The molecule has 3 saturated heterocycles. The lowest BCUT2D eigenvalue weighted by molar-refractivity contribution is -0.381. The van der Waals surface area contributed by atoms with E-state index in [1.165, 1.54) is 19.2 Å². The Hall–Kier alpha value is -5.28. The molecule has 3 aliphatic rings. The molecule has 4 heterocycles. The van der Waals surface area contributed by atoms with Crippen molar-refractivity contribution >= 4 is 41.6 Å². The highest BCUT2D eigenvalue weighted by Crippen LogP contribution is 2.40. The van der Waals surface area contributed by atoms with Gasteiger partial charge in [0, 0.05) is 53.3 Å². The monoisotopic (exact) mass is 775 g/mol. The van der Waals surface area contributed by atoms with Gasteiger partial charge in [-0.1, -0.05) is 30.3 Å². The van der Waals surface area contributed by atoms with Gasteiger partial charge in [-0.3, -0.25) is 33.3 Å². The SMILES string of the molecule is CC(=O)Nc1ccn(C2OC(COC(C)=O)C(OC3OC4COC(c5ccccc5)OC4C(OC(C)=O)C3OC(C)=O)C(OC(C)=O)C2OC(C)=O)c(=O)n1. The number of ether oxygens (including phenoxy) is 10. The van der Waals surface area contributed by atoms with Gasteiger partial charge >= 0.3 is 35.5 Å². The summed E-state index contributed by atoms with van der Waals surface area (Å²) >= 11 is 0. The van der Waals surface area contributed by atoms with E-state index < -0.39 is 116 Å². The number of amides is 1. The maximum absolute atomic E-state index is 13.3. The first-order valence-electron chi connectivity index (χ1n) is 17.1. The number of carbonyl (C=O) groups is 6. The lowest BCUT2D eigenvalue weighted by Crippen LogP contribution is -2.67. The normalized spacial score (nSPS) is 30.1. The first kappa shape index (κ1) is 40.9. The first-order valence-corrected chi connectivity index (χ1v) is 17.1. The summed E-state index contributed by atoms with van der Waals surface area (Å²) in [6.07, 6.45) is -14.2. The van der Waals surface area contributed by atoms with Crippen molar-refractivity contribution in [3.63, 3.8) is 0 Å². The van der Waals surface area contributed by atoms with Crippen LogP contribution in [0.1, 0.15) is 59.6 Å². The Balaban J connectivity index is 1.56. The molecule has 0 saturated carbocycles. The molecule has 20 nitrogen and oxygen atoms in total. The lowest BCUT2D eigenvalue weighted by Gasteiger charge is -2.50. The van der Waals surface area contributed by atoms with E-state index in [9.17, 15) is 33.6 Å². The third kappa shape index (κ3) is 10.3. The van der Waals surface area contributed by atoms with Crippen LogP contribution < -0.4 is 11.0 Å². The van der Waals surface area contributed by atoms with Gasteiger partial charge in [0.15, 0.2) is 43.2 Å². The molecule has 0 radical (unpaired) electrons. The second-order valence-electron chi connectivity index (χ2n) is 12.7. The number of esters is 5. The zero-order valence-electron chi connectivity index (χ0n) is 30.6. The zero-order chi connectivity index (χ0) is 40.0. The van der Waals surface area contributed by atoms with Crippen LogP contribution in [0.5, 0.6) is 0 Å². The smallest absolute Gasteiger partial charge is 0.351 e. The van der Waals surface area contributed by atoms with Gasteiger partial charge in [-0.15, -0.1) is 0 Å². The van der Waals surface area contributed by atoms with Gasteiger partial charge in [-0.2, -0.15) is 4.98 Å². The molecule has 0 spiro atoms. The predicted octanol–water partition coefficient (Wildman–Crippen LogP) is 0.613. The molecule has 2 aromatic rings. The summed E-state index contributed by atoms with van der Waals surface area (Å²) in [6, 6.07) is 10.2. The Labute approximate surface area is 313 Å². The highest BCUT2D eigenvalue weighted by Gasteiger charge is 2.58. The van der Waals surface area contributed by atoms with E-state index in [2.05, 4.69) is 10.3 Å². The minimum atomic E-state index is -1.66. The van der Waals surface area contributed by atoms with Gasteiger partial charge < -0.3 is 52.7 Å². The predicted molar refractivity (Wildman–Crippen MR) is 179 cm³/mol. The minimum Gasteiger partial charge on any atom is -0.463 e. The van der Waals surface area contributed by atoms with Crippen LogP contribution in [0.2, 0.25) is 0 Å². The summed E-state index contributed by atoms with van der Waals surface area (Å²) in [5.74, 6) is -4.73. The number of aromatic nitrogens is 2. The molecule has 298 valence electrons. The molecule has 1 aromatic carbocycles. The highest BCUT2D eigenvalue weighted by molar-refractivity contribution is 5.87. The minimum absolute atomic E-state index is 0.0971. The quantitative estimate of drug-likeness (QED) is 0.243. The van der Waals surface area contributed by atoms with E-state index in [1.807, 2.05) is 0 Å². The summed E-state index contributed by atoms with van der Waals surface area (Å²) < 4.78 is 59.9. The fourth-order valence-corrected chi connectivity index (χ4v) is 6.35. The maximum atomic E-state index is 13.3. The van der Waals surface area contributed by atoms with Gasteiger partial charge in [-0.05, 0) is 6.07 Å². The average Bonchev–Trinajstić information content (AvgIpc) is 3.10. The van der Waals surface area contributed by atoms with E-state index in [-0.39, 0.29) is 12.4 Å². The number of hydrogen-bond donors (Lipinski definition) is 1. The number of benzene rings is 1. The Morgan fingerprint density at radius 2 is 1.36 bits per heavy atom. The van der Waals surface area contributed by atoms with Crippen molar-refractivity contribution in [1.82, 2.24) is 9.55 Å². The summed E-state index contributed by atoms with van der Waals surface area (Å²) in [5.41, 5.74) is -0.334. The average molecular weight is 776 g/mol. The Bertz CT molecular complexity index is 1800. The fourth-order valence-electron chi connectivity index (χ4n) is 6.35. The van der Waals surface area contributed by atoms with Crippen molar-refractivity contribution in [2.45, 2.75) is 109 Å². The third-order valence-corrected chi connectivity index (χ3v) is 8.32. The molecule has 55 heavy (non-hydrogen) atoms. The number of carbonyl (C=O) groups excluding carboxylic acids is 6. The third-order valence-electron chi connectivity index (χ3n) is 8.32. The van der Waals surface area contributed by atoms with Crippen molar-refractivity contribution in [2.75, 3.05) is 18.5 Å². The van der Waals surface area contributed by atoms with Crippen LogP contribution in [0.3, 0.4) is 0 Å². The maximum Gasteiger partial charge on any atom is 0.351 e. The molecule has 3 aliphatic heterocycles. The number of nitrogens with zero attached hydrogens (tertiary/aromatic N) is 2. The molecule has 11 atom stereocenters. The number of hydrogen-bond acceptors (Lipinski definition) is 18. The molecular formula is C35H41N3O17. The molecule has 0 aliphatic carbocycles. The molecule has 11 unspecified atom stereocenters. The summed E-state index contributed by atoms with van der Waals surface area (Å²) in [7, 11) is 0. The van der Waals surface area contributed by atoms with Gasteiger partial charge in [0.1, 0.15) is 36.8 Å². The number of anilines is 1. The van der Waals surface area contributed by atoms with E-state index in [1.54, 1.807) is 30.3 Å². The molecule has 3 fully saturated rings. The van der Waals surface area contributed by atoms with Crippen LogP contribution >= 0.6 is 0 Å². The van der Waals surface area contributed by atoms with Crippen molar-refractivity contribution in [1.29, 1.82) is 0 Å². The van der Waals surface area contributed by atoms with Crippen LogP contribution in [0.4, 0.5) is 5.82 Å². The van der Waals surface area contributed by atoms with E-state index in [0.29, 0.717) is 5.56 Å². The van der Waals surface area contributed by atoms with Gasteiger partial charge in [0.05, 0.1) is 6.61 Å². The molecule has 0 bridgehead atoms. The van der Waals surface area contributed by atoms with Crippen LogP contribution in [-0.2, 0) is 76.1 Å². The lowest BCUT2D eigenvalue weighted by atomic mass is 9.95. The van der Waals surface area contributed by atoms with Crippen LogP contribution in [-0.4, -0.2) is 114 Å². The standard InChI is InChI=1S/C35H41N3O17/c1-16(39)36-25-12-13-38(35(45)37-25)32-30(50-20(5)43)28(48-18(3)41)26(23(52-32)14-46-17(2)40)55-34-31(51-21(6)44)29(49-19(4)42)27-24(53-34)15-47-33(54-27)22-10-8-7-9-11-22/h7-13,23-24,26-34H,14-15H2,1-6H3,(H,36,37,39,45). The van der Waals surface area contributed by atoms with E-state index in [4.69, 9.17) is 47.4 Å². The van der Waals surface area contributed by atoms with Crippen molar-refractivity contribution in [3.05, 3.63) is 58.6 Å². The van der Waals surface area contributed by atoms with Crippen LogP contribution in [0.15, 0.2) is 47.4 Å². The fraction of sp³-hybridized carbons (Fsp3) is 0.543. The summed E-state index contributed by atoms with van der Waals surface area (Å²) in [6.45, 7) is 5.99. The largest absolute Gasteiger partial charge is 0.463 e. The Kier molecular flexibility index (Phi) is 13.3. The number of nitrogens with one attached hydrogen (secondary N) is 1. The van der Waals surface area contributed by atoms with Gasteiger partial charge in [-0.25, -0.2) is 4.79 Å². The molecular weight excluding hydrogens is 734 g/mol. The second-order valence-corrected chi connectivity index (χ2v) is 12.7. The Morgan fingerprint density at radius 3 is 1.96 bits per heavy atom. The van der Waals surface area contributed by atoms with Crippen LogP contribution in [0.25, 0.3) is 0 Å². The van der Waals surface area contributed by atoms with Crippen molar-refractivity contribution in [2.24, 2.45) is 0 Å². The van der Waals surface area contributed by atoms with Crippen molar-refractivity contribution in [3.8, 4) is 0 Å². The van der Waals surface area contributed by atoms with Gasteiger partial charge in [0.25, 0.3) is 0 Å². The Morgan fingerprint density at radius 1 is 0.745 bits per heavy atom. The first-order chi connectivity index (χ1) is 26.1. The van der Waals surface area contributed by atoms with E-state index in [0.717, 1.165) is 39.2 Å². The molecule has 1 aromatic heterocycles. The molecule has 20 heteroatoms. The summed E-state index contributed by atoms with van der Waals surface area (Å²) in [5, 5.41) is 2.38. The van der Waals surface area contributed by atoms with Crippen LogP contribution in [0, 0.1) is 0 Å². The second kappa shape index (κ2) is 17.9. The molecule has 1 N–H and O–H groups in total. The van der Waals surface area contributed by atoms with Gasteiger partial charge in [0.2, 0.25) is 5.91 Å². The molecule has 5 rings (SSSR count). The zero-order valence-corrected chi connectivity index (χ0v) is 30.6. The van der Waals surface area contributed by atoms with E-state index >= 15 is 0 Å². The molecule has 1 amide bonds. The highest BCUT2D eigenvalue weighted by atomic mass is 16.8. The van der Waals surface area contributed by atoms with Crippen molar-refractivity contribution < 1.29 is 76.1 Å². The summed E-state index contributed by atoms with van der Waals surface area (Å²) in [4.78, 5) is 91.0. The topological polar surface area (TPSA) is 242 Å².